The van der Waals surface area contributed by atoms with Gasteiger partial charge in [-0.25, -0.2) is 4.98 Å². The molecule has 1 saturated heterocycles. The number of hydrogen-bond donors (Lipinski definition) is 2. The zero-order valence-electron chi connectivity index (χ0n) is 9.06. The first-order valence-corrected chi connectivity index (χ1v) is 5.83. The predicted octanol–water partition coefficient (Wildman–Crippen LogP) is 1.01. The number of aromatic nitrogens is 1. The maximum absolute atomic E-state index is 9.10. The van der Waals surface area contributed by atoms with Crippen LogP contribution in [0.25, 0.3) is 0 Å². The van der Waals surface area contributed by atoms with Crippen molar-refractivity contribution < 1.29 is 5.11 Å². The molecule has 16 heavy (non-hydrogen) atoms. The van der Waals surface area contributed by atoms with E-state index in [1.54, 1.807) is 6.20 Å². The Labute approximate surface area is 100 Å². The quantitative estimate of drug-likeness (QED) is 0.829. The van der Waals surface area contributed by atoms with E-state index in [1.807, 2.05) is 6.07 Å². The third-order valence-corrected chi connectivity index (χ3v) is 3.43. The van der Waals surface area contributed by atoms with Crippen molar-refractivity contribution in [1.29, 1.82) is 0 Å². The highest BCUT2D eigenvalue weighted by atomic mass is 35.5. The lowest BCUT2D eigenvalue weighted by Crippen LogP contribution is -2.22. The van der Waals surface area contributed by atoms with Crippen molar-refractivity contribution in [2.45, 2.75) is 13.0 Å². The van der Waals surface area contributed by atoms with Gasteiger partial charge in [0.2, 0.25) is 0 Å². The molecule has 88 valence electrons. The van der Waals surface area contributed by atoms with Crippen LogP contribution in [0.1, 0.15) is 12.0 Å². The Hall–Kier alpha value is -0.840. The number of nitrogens with two attached hydrogens (primary N) is 1. The number of halogens is 1. The van der Waals surface area contributed by atoms with Crippen LogP contribution in [0, 0.1) is 5.92 Å². The maximum Gasteiger partial charge on any atom is 0.147 e. The summed E-state index contributed by atoms with van der Waals surface area (Å²) >= 11 is 6.23. The lowest BCUT2D eigenvalue weighted by molar-refractivity contribution is 0.238. The molecular weight excluding hydrogens is 226 g/mol. The molecule has 3 N–H and O–H groups in total. The normalized spacial score (nSPS) is 20.4. The SMILES string of the molecule is NCc1ccnc(N2CCC(CO)C2)c1Cl. The summed E-state index contributed by atoms with van der Waals surface area (Å²) in [6, 6.07) is 1.84. The number of aliphatic hydroxyl groups is 1. The summed E-state index contributed by atoms with van der Waals surface area (Å²) in [5.41, 5.74) is 6.52. The van der Waals surface area contributed by atoms with Crippen LogP contribution in [-0.2, 0) is 6.54 Å². The summed E-state index contributed by atoms with van der Waals surface area (Å²) in [6.45, 7) is 2.36. The average Bonchev–Trinajstić information content (AvgIpc) is 2.78. The van der Waals surface area contributed by atoms with Crippen LogP contribution >= 0.6 is 11.6 Å². The van der Waals surface area contributed by atoms with Gasteiger partial charge in [-0.05, 0) is 18.1 Å². The van der Waals surface area contributed by atoms with Gasteiger partial charge in [-0.1, -0.05) is 11.6 Å². The van der Waals surface area contributed by atoms with Gasteiger partial charge in [-0.15, -0.1) is 0 Å². The molecule has 1 aromatic rings. The van der Waals surface area contributed by atoms with E-state index in [4.69, 9.17) is 22.4 Å². The third-order valence-electron chi connectivity index (χ3n) is 3.01. The van der Waals surface area contributed by atoms with Crippen molar-refractivity contribution in [3.8, 4) is 0 Å². The van der Waals surface area contributed by atoms with E-state index >= 15 is 0 Å². The fourth-order valence-corrected chi connectivity index (χ4v) is 2.33. The topological polar surface area (TPSA) is 62.4 Å². The highest BCUT2D eigenvalue weighted by Crippen LogP contribution is 2.30. The monoisotopic (exact) mass is 241 g/mol. The molecule has 1 aliphatic heterocycles. The highest BCUT2D eigenvalue weighted by molar-refractivity contribution is 6.33. The predicted molar refractivity (Wildman–Crippen MR) is 64.5 cm³/mol. The molecular formula is C11H16ClN3O. The van der Waals surface area contributed by atoms with Gasteiger partial charge >= 0.3 is 0 Å². The van der Waals surface area contributed by atoms with Crippen molar-refractivity contribution in [1.82, 2.24) is 4.98 Å². The zero-order chi connectivity index (χ0) is 11.5. The van der Waals surface area contributed by atoms with Crippen molar-refractivity contribution in [3.63, 3.8) is 0 Å². The molecule has 0 aliphatic carbocycles. The molecule has 0 saturated carbocycles. The van der Waals surface area contributed by atoms with Crippen LogP contribution in [0.15, 0.2) is 12.3 Å². The fourth-order valence-electron chi connectivity index (χ4n) is 2.02. The van der Waals surface area contributed by atoms with Gasteiger partial charge < -0.3 is 15.7 Å². The minimum absolute atomic E-state index is 0.227. The molecule has 5 heteroatoms. The number of aliphatic hydroxyl groups excluding tert-OH is 1. The standard InChI is InChI=1S/C11H16ClN3O/c12-10-9(5-13)1-3-14-11(10)15-4-2-8(6-15)7-16/h1,3,8,16H,2,4-7,13H2. The molecule has 1 fully saturated rings. The third kappa shape index (κ3) is 2.14. The fraction of sp³-hybridized carbons (Fsp3) is 0.545. The van der Waals surface area contributed by atoms with Gasteiger partial charge in [-0.2, -0.15) is 0 Å². The molecule has 1 unspecified atom stereocenters. The first-order valence-electron chi connectivity index (χ1n) is 5.45. The Kier molecular flexibility index (Phi) is 3.63. The molecule has 0 amide bonds. The van der Waals surface area contributed by atoms with E-state index in [9.17, 15) is 0 Å². The Morgan fingerprint density at radius 2 is 2.44 bits per heavy atom. The molecule has 0 bridgehead atoms. The number of hydrogen-bond acceptors (Lipinski definition) is 4. The van der Waals surface area contributed by atoms with E-state index in [-0.39, 0.29) is 6.61 Å². The van der Waals surface area contributed by atoms with Gasteiger partial charge in [0, 0.05) is 38.4 Å². The summed E-state index contributed by atoms with van der Waals surface area (Å²) in [7, 11) is 0. The highest BCUT2D eigenvalue weighted by Gasteiger charge is 2.24. The van der Waals surface area contributed by atoms with Crippen LogP contribution in [0.4, 0.5) is 5.82 Å². The van der Waals surface area contributed by atoms with Crippen molar-refractivity contribution in [2.24, 2.45) is 11.7 Å². The minimum atomic E-state index is 0.227. The number of anilines is 1. The minimum Gasteiger partial charge on any atom is -0.396 e. The van der Waals surface area contributed by atoms with E-state index in [1.165, 1.54) is 0 Å². The molecule has 4 nitrogen and oxygen atoms in total. The summed E-state index contributed by atoms with van der Waals surface area (Å²) in [5.74, 6) is 1.12. The molecule has 2 rings (SSSR count). The summed E-state index contributed by atoms with van der Waals surface area (Å²) < 4.78 is 0. The van der Waals surface area contributed by atoms with Crippen LogP contribution < -0.4 is 10.6 Å². The molecule has 1 aromatic heterocycles. The first-order chi connectivity index (χ1) is 7.76. The lowest BCUT2D eigenvalue weighted by atomic mass is 10.1. The number of pyridine rings is 1. The van der Waals surface area contributed by atoms with Crippen LogP contribution in [-0.4, -0.2) is 29.8 Å². The Morgan fingerprint density at radius 3 is 3.06 bits per heavy atom. The first kappa shape index (κ1) is 11.6. The lowest BCUT2D eigenvalue weighted by Gasteiger charge is -2.19. The molecule has 0 spiro atoms. The number of rotatable bonds is 3. The smallest absolute Gasteiger partial charge is 0.147 e. The van der Waals surface area contributed by atoms with Gasteiger partial charge in [0.25, 0.3) is 0 Å². The number of nitrogens with zero attached hydrogens (tertiary/aromatic N) is 2. The molecule has 0 radical (unpaired) electrons. The second-order valence-corrected chi connectivity index (χ2v) is 4.47. The van der Waals surface area contributed by atoms with Crippen LogP contribution in [0.5, 0.6) is 0 Å². The van der Waals surface area contributed by atoms with E-state index in [0.717, 1.165) is 30.9 Å². The van der Waals surface area contributed by atoms with Gasteiger partial charge in [0.1, 0.15) is 5.82 Å². The summed E-state index contributed by atoms with van der Waals surface area (Å²) in [4.78, 5) is 6.41. The van der Waals surface area contributed by atoms with Crippen molar-refractivity contribution in [3.05, 3.63) is 22.8 Å². The van der Waals surface area contributed by atoms with Crippen molar-refractivity contribution >= 4 is 17.4 Å². The van der Waals surface area contributed by atoms with Gasteiger partial charge in [0.15, 0.2) is 0 Å². The summed E-state index contributed by atoms with van der Waals surface area (Å²) in [6.07, 6.45) is 2.72. The van der Waals surface area contributed by atoms with Crippen molar-refractivity contribution in [2.75, 3.05) is 24.6 Å². The average molecular weight is 242 g/mol. The second kappa shape index (κ2) is 4.99. The van der Waals surface area contributed by atoms with Gasteiger partial charge in [-0.3, -0.25) is 0 Å². The Morgan fingerprint density at radius 1 is 1.62 bits per heavy atom. The molecule has 2 heterocycles. The van der Waals surface area contributed by atoms with Crippen LogP contribution in [0.2, 0.25) is 5.02 Å². The molecule has 1 aliphatic rings. The van der Waals surface area contributed by atoms with Gasteiger partial charge in [0.05, 0.1) is 5.02 Å². The molecule has 1 atom stereocenters. The van der Waals surface area contributed by atoms with E-state index in [0.29, 0.717) is 17.5 Å². The van der Waals surface area contributed by atoms with E-state index in [2.05, 4.69) is 9.88 Å². The largest absolute Gasteiger partial charge is 0.396 e. The zero-order valence-corrected chi connectivity index (χ0v) is 9.82. The Balaban J connectivity index is 2.21. The summed E-state index contributed by atoms with van der Waals surface area (Å²) in [5, 5.41) is 9.74. The Bertz CT molecular complexity index is 372. The van der Waals surface area contributed by atoms with E-state index < -0.39 is 0 Å². The van der Waals surface area contributed by atoms with Crippen LogP contribution in [0.3, 0.4) is 0 Å². The molecule has 0 aromatic carbocycles. The second-order valence-electron chi connectivity index (χ2n) is 4.10. The maximum atomic E-state index is 9.10.